The molecule has 0 amide bonds. The van der Waals surface area contributed by atoms with E-state index in [-0.39, 0.29) is 5.56 Å². The van der Waals surface area contributed by atoms with E-state index < -0.39 is 5.97 Å². The predicted octanol–water partition coefficient (Wildman–Crippen LogP) is 2.56. The van der Waals surface area contributed by atoms with Crippen LogP contribution in [0.25, 0.3) is 0 Å². The molecular formula is C14H13NO2. The van der Waals surface area contributed by atoms with Crippen molar-refractivity contribution in [2.24, 2.45) is 0 Å². The minimum atomic E-state index is -0.978. The molecule has 0 fully saturated rings. The van der Waals surface area contributed by atoms with Gasteiger partial charge in [0.15, 0.2) is 0 Å². The van der Waals surface area contributed by atoms with Crippen LogP contribution in [-0.4, -0.2) is 11.1 Å². The Bertz CT molecular complexity index is 535. The van der Waals surface area contributed by atoms with E-state index >= 15 is 0 Å². The Hall–Kier alpha value is -2.29. The van der Waals surface area contributed by atoms with Crippen LogP contribution < -0.4 is 5.73 Å². The maximum atomic E-state index is 11.2. The van der Waals surface area contributed by atoms with E-state index in [1.807, 2.05) is 30.3 Å². The zero-order chi connectivity index (χ0) is 12.3. The number of carboxylic acid groups (broad SMARTS) is 1. The monoisotopic (exact) mass is 227 g/mol. The highest BCUT2D eigenvalue weighted by Crippen LogP contribution is 2.20. The number of aromatic carboxylic acids is 1. The van der Waals surface area contributed by atoms with E-state index in [1.54, 1.807) is 18.2 Å². The fourth-order valence-electron chi connectivity index (χ4n) is 1.84. The molecule has 0 aliphatic carbocycles. The molecule has 3 heteroatoms. The number of nitrogen functional groups attached to an aromatic ring is 1. The molecule has 0 aliphatic heterocycles. The average molecular weight is 227 g/mol. The molecule has 0 bridgehead atoms. The lowest BCUT2D eigenvalue weighted by Gasteiger charge is -2.08. The predicted molar refractivity (Wildman–Crippen MR) is 67.1 cm³/mol. The zero-order valence-electron chi connectivity index (χ0n) is 9.26. The van der Waals surface area contributed by atoms with Crippen molar-refractivity contribution in [2.75, 3.05) is 5.73 Å². The normalized spacial score (nSPS) is 10.1. The van der Waals surface area contributed by atoms with Crippen molar-refractivity contribution in [3.8, 4) is 0 Å². The number of carbonyl (C=O) groups is 1. The van der Waals surface area contributed by atoms with E-state index in [4.69, 9.17) is 10.8 Å². The Labute approximate surface area is 99.5 Å². The maximum absolute atomic E-state index is 11.2. The molecule has 2 aromatic carbocycles. The van der Waals surface area contributed by atoms with Crippen LogP contribution in [0.5, 0.6) is 0 Å². The highest BCUT2D eigenvalue weighted by atomic mass is 16.4. The first-order valence-electron chi connectivity index (χ1n) is 5.33. The first kappa shape index (κ1) is 11.2. The molecule has 0 spiro atoms. The molecule has 3 nitrogen and oxygen atoms in total. The van der Waals surface area contributed by atoms with Crippen LogP contribution in [0, 0.1) is 0 Å². The first-order chi connectivity index (χ1) is 8.18. The third kappa shape index (κ3) is 2.45. The van der Waals surface area contributed by atoms with Gasteiger partial charge < -0.3 is 10.8 Å². The van der Waals surface area contributed by atoms with Gasteiger partial charge in [-0.2, -0.15) is 0 Å². The topological polar surface area (TPSA) is 63.3 Å². The van der Waals surface area contributed by atoms with Crippen molar-refractivity contribution in [3.05, 3.63) is 65.2 Å². The van der Waals surface area contributed by atoms with E-state index in [9.17, 15) is 4.79 Å². The Morgan fingerprint density at radius 1 is 1.06 bits per heavy atom. The van der Waals surface area contributed by atoms with Crippen LogP contribution in [-0.2, 0) is 6.42 Å². The van der Waals surface area contributed by atoms with Crippen LogP contribution in [0.3, 0.4) is 0 Å². The Morgan fingerprint density at radius 3 is 2.41 bits per heavy atom. The zero-order valence-corrected chi connectivity index (χ0v) is 9.26. The minimum absolute atomic E-state index is 0.205. The fraction of sp³-hybridized carbons (Fsp3) is 0.0714. The van der Waals surface area contributed by atoms with E-state index in [2.05, 4.69) is 0 Å². The van der Waals surface area contributed by atoms with E-state index in [0.29, 0.717) is 12.1 Å². The molecule has 3 N–H and O–H groups in total. The molecule has 0 aliphatic rings. The van der Waals surface area contributed by atoms with Gasteiger partial charge in [0.2, 0.25) is 0 Å². The second-order valence-corrected chi connectivity index (χ2v) is 3.85. The van der Waals surface area contributed by atoms with Gasteiger partial charge in [0.25, 0.3) is 0 Å². The minimum Gasteiger partial charge on any atom is -0.478 e. The van der Waals surface area contributed by atoms with E-state index in [0.717, 1.165) is 11.1 Å². The lowest BCUT2D eigenvalue weighted by molar-refractivity contribution is 0.0697. The van der Waals surface area contributed by atoms with E-state index in [1.165, 1.54) is 0 Å². The van der Waals surface area contributed by atoms with Crippen molar-refractivity contribution in [3.63, 3.8) is 0 Å². The Morgan fingerprint density at radius 2 is 1.76 bits per heavy atom. The number of hydrogen-bond acceptors (Lipinski definition) is 2. The maximum Gasteiger partial charge on any atom is 0.338 e. The van der Waals surface area contributed by atoms with Crippen LogP contribution >= 0.6 is 0 Å². The third-order valence-electron chi connectivity index (χ3n) is 2.63. The standard InChI is InChI=1S/C14H13NO2/c15-12-8-4-7-11(13(12)14(16)17)9-10-5-2-1-3-6-10/h1-8H,9,15H2,(H,16,17). The Kier molecular flexibility index (Phi) is 3.10. The molecule has 0 aromatic heterocycles. The second-order valence-electron chi connectivity index (χ2n) is 3.85. The average Bonchev–Trinajstić information content (AvgIpc) is 2.30. The van der Waals surface area contributed by atoms with Gasteiger partial charge in [0.05, 0.1) is 5.56 Å². The first-order valence-corrected chi connectivity index (χ1v) is 5.33. The van der Waals surface area contributed by atoms with Gasteiger partial charge in [-0.3, -0.25) is 0 Å². The molecule has 0 radical (unpaired) electrons. The number of benzene rings is 2. The van der Waals surface area contributed by atoms with Crippen LogP contribution in [0.2, 0.25) is 0 Å². The number of anilines is 1. The molecule has 0 saturated heterocycles. The highest BCUT2D eigenvalue weighted by molar-refractivity contribution is 5.95. The lowest BCUT2D eigenvalue weighted by Crippen LogP contribution is -2.07. The van der Waals surface area contributed by atoms with Crippen molar-refractivity contribution in [1.82, 2.24) is 0 Å². The molecule has 86 valence electrons. The highest BCUT2D eigenvalue weighted by Gasteiger charge is 2.13. The van der Waals surface area contributed by atoms with Crippen LogP contribution in [0.4, 0.5) is 5.69 Å². The summed E-state index contributed by atoms with van der Waals surface area (Å²) in [5.41, 5.74) is 8.02. The molecule has 0 heterocycles. The number of hydrogen-bond donors (Lipinski definition) is 2. The summed E-state index contributed by atoms with van der Waals surface area (Å²) in [6.45, 7) is 0. The van der Waals surface area contributed by atoms with Gasteiger partial charge >= 0.3 is 5.97 Å². The second kappa shape index (κ2) is 4.70. The number of carboxylic acids is 1. The Balaban J connectivity index is 2.40. The van der Waals surface area contributed by atoms with Gasteiger partial charge in [0, 0.05) is 5.69 Å². The summed E-state index contributed by atoms with van der Waals surface area (Å²) in [5, 5.41) is 9.14. The quantitative estimate of drug-likeness (QED) is 0.792. The summed E-state index contributed by atoms with van der Waals surface area (Å²) in [6.07, 6.45) is 0.577. The summed E-state index contributed by atoms with van der Waals surface area (Å²) >= 11 is 0. The largest absolute Gasteiger partial charge is 0.478 e. The molecule has 2 aromatic rings. The molecule has 0 unspecified atom stereocenters. The number of nitrogens with two attached hydrogens (primary N) is 1. The van der Waals surface area contributed by atoms with Crippen molar-refractivity contribution < 1.29 is 9.90 Å². The molecule has 0 atom stereocenters. The summed E-state index contributed by atoms with van der Waals surface area (Å²) < 4.78 is 0. The molecule has 17 heavy (non-hydrogen) atoms. The van der Waals surface area contributed by atoms with Gasteiger partial charge in [-0.1, -0.05) is 42.5 Å². The van der Waals surface area contributed by atoms with Gasteiger partial charge in [-0.15, -0.1) is 0 Å². The van der Waals surface area contributed by atoms with Gasteiger partial charge in [-0.05, 0) is 23.6 Å². The summed E-state index contributed by atoms with van der Waals surface area (Å²) in [4.78, 5) is 11.2. The van der Waals surface area contributed by atoms with Gasteiger partial charge in [0.1, 0.15) is 0 Å². The van der Waals surface area contributed by atoms with Crippen molar-refractivity contribution >= 4 is 11.7 Å². The van der Waals surface area contributed by atoms with Crippen molar-refractivity contribution in [2.45, 2.75) is 6.42 Å². The van der Waals surface area contributed by atoms with Crippen LogP contribution in [0.1, 0.15) is 21.5 Å². The van der Waals surface area contributed by atoms with Crippen molar-refractivity contribution in [1.29, 1.82) is 0 Å². The molecule has 2 rings (SSSR count). The summed E-state index contributed by atoms with van der Waals surface area (Å²) in [5.74, 6) is -0.978. The molecule has 0 saturated carbocycles. The fourth-order valence-corrected chi connectivity index (χ4v) is 1.84. The number of rotatable bonds is 3. The molecular weight excluding hydrogens is 214 g/mol. The SMILES string of the molecule is Nc1cccc(Cc2ccccc2)c1C(=O)O. The summed E-state index contributed by atoms with van der Waals surface area (Å²) in [7, 11) is 0. The van der Waals surface area contributed by atoms with Crippen LogP contribution in [0.15, 0.2) is 48.5 Å². The summed E-state index contributed by atoms with van der Waals surface area (Å²) in [6, 6.07) is 14.9. The third-order valence-corrected chi connectivity index (χ3v) is 2.63. The smallest absolute Gasteiger partial charge is 0.338 e. The lowest BCUT2D eigenvalue weighted by atomic mass is 9.98. The van der Waals surface area contributed by atoms with Gasteiger partial charge in [-0.25, -0.2) is 4.79 Å².